The van der Waals surface area contributed by atoms with Gasteiger partial charge in [-0.2, -0.15) is 0 Å². The highest BCUT2D eigenvalue weighted by Gasteiger charge is 2.15. The summed E-state index contributed by atoms with van der Waals surface area (Å²) >= 11 is 1.55. The van der Waals surface area contributed by atoms with Gasteiger partial charge >= 0.3 is 0 Å². The molecule has 2 aromatic heterocycles. The molecule has 1 fully saturated rings. The zero-order chi connectivity index (χ0) is 19.3. The number of rotatable bonds is 6. The number of hydrogen-bond donors (Lipinski definition) is 1. The fourth-order valence-corrected chi connectivity index (χ4v) is 4.13. The van der Waals surface area contributed by atoms with E-state index >= 15 is 0 Å². The molecule has 1 aliphatic rings. The number of pyridine rings is 1. The molecule has 0 spiro atoms. The number of nitrogens with zero attached hydrogens (tertiary/aromatic N) is 3. The van der Waals surface area contributed by atoms with Crippen molar-refractivity contribution >= 4 is 29.2 Å². The van der Waals surface area contributed by atoms with E-state index in [-0.39, 0.29) is 5.91 Å². The summed E-state index contributed by atoms with van der Waals surface area (Å²) in [5.74, 6) is 2.23. The summed E-state index contributed by atoms with van der Waals surface area (Å²) in [5, 5.41) is 6.85. The molecule has 0 unspecified atom stereocenters. The third-order valence-corrected chi connectivity index (χ3v) is 5.71. The first kappa shape index (κ1) is 18.6. The molecule has 144 valence electrons. The molecule has 6 nitrogen and oxygen atoms in total. The summed E-state index contributed by atoms with van der Waals surface area (Å²) in [5.41, 5.74) is 2.18. The van der Waals surface area contributed by atoms with Gasteiger partial charge in [0.2, 0.25) is 0 Å². The third kappa shape index (κ3) is 4.36. The first-order chi connectivity index (χ1) is 13.7. The summed E-state index contributed by atoms with van der Waals surface area (Å²) in [7, 11) is 0. The first-order valence-corrected chi connectivity index (χ1v) is 10.3. The molecule has 7 heteroatoms. The monoisotopic (exact) mass is 394 g/mol. The number of anilines is 2. The average molecular weight is 395 g/mol. The molecule has 1 saturated heterocycles. The van der Waals surface area contributed by atoms with Crippen molar-refractivity contribution < 1.29 is 9.32 Å². The zero-order valence-electron chi connectivity index (χ0n) is 15.7. The van der Waals surface area contributed by atoms with Crippen molar-refractivity contribution in [3.05, 3.63) is 65.7 Å². The molecule has 0 saturated carbocycles. The fraction of sp³-hybridized carbons (Fsp3) is 0.286. The minimum Gasteiger partial charge on any atom is -0.360 e. The van der Waals surface area contributed by atoms with Crippen LogP contribution >= 0.6 is 11.8 Å². The predicted octanol–water partition coefficient (Wildman–Crippen LogP) is 4.52. The molecule has 0 bridgehead atoms. The van der Waals surface area contributed by atoms with Gasteiger partial charge in [-0.3, -0.25) is 4.79 Å². The van der Waals surface area contributed by atoms with E-state index in [2.05, 4.69) is 20.4 Å². The van der Waals surface area contributed by atoms with Crippen LogP contribution in [-0.2, 0) is 5.75 Å². The smallest absolute Gasteiger partial charge is 0.256 e. The Morgan fingerprint density at radius 1 is 1.21 bits per heavy atom. The summed E-state index contributed by atoms with van der Waals surface area (Å²) in [6, 6.07) is 13.3. The van der Waals surface area contributed by atoms with E-state index in [9.17, 15) is 4.79 Å². The standard InChI is InChI=1S/C21H22N4O2S/c1-15-12-17(27-24-15)14-28-19-7-3-2-6-18(19)21(26)23-16-8-9-20(22-13-16)25-10-4-5-11-25/h2-3,6-9,12-13H,4-5,10-11,14H2,1H3,(H,23,26). The van der Waals surface area contributed by atoms with E-state index in [1.54, 1.807) is 18.0 Å². The Morgan fingerprint density at radius 3 is 2.75 bits per heavy atom. The van der Waals surface area contributed by atoms with E-state index in [1.807, 2.05) is 49.4 Å². The van der Waals surface area contributed by atoms with Crippen LogP contribution in [0.2, 0.25) is 0 Å². The second-order valence-electron chi connectivity index (χ2n) is 6.77. The molecular formula is C21H22N4O2S. The largest absolute Gasteiger partial charge is 0.360 e. The van der Waals surface area contributed by atoms with Crippen LogP contribution in [0.5, 0.6) is 0 Å². The number of nitrogens with one attached hydrogen (secondary N) is 1. The highest BCUT2D eigenvalue weighted by Crippen LogP contribution is 2.27. The van der Waals surface area contributed by atoms with Gasteiger partial charge in [-0.15, -0.1) is 11.8 Å². The Morgan fingerprint density at radius 2 is 2.04 bits per heavy atom. The molecular weight excluding hydrogens is 372 g/mol. The lowest BCUT2D eigenvalue weighted by Crippen LogP contribution is -2.19. The van der Waals surface area contributed by atoms with Gasteiger partial charge in [-0.1, -0.05) is 17.3 Å². The SMILES string of the molecule is Cc1cc(CSc2ccccc2C(=O)Nc2ccc(N3CCCC3)nc2)on1. The number of hydrogen-bond acceptors (Lipinski definition) is 6. The minimum absolute atomic E-state index is 0.146. The predicted molar refractivity (Wildman–Crippen MR) is 111 cm³/mol. The molecule has 1 amide bonds. The van der Waals surface area contributed by atoms with E-state index in [0.717, 1.165) is 35.3 Å². The molecule has 1 aromatic carbocycles. The van der Waals surface area contributed by atoms with Gasteiger partial charge in [-0.25, -0.2) is 4.98 Å². The second-order valence-corrected chi connectivity index (χ2v) is 7.79. The number of thioether (sulfide) groups is 1. The quantitative estimate of drug-likeness (QED) is 0.620. The fourth-order valence-electron chi connectivity index (χ4n) is 3.21. The molecule has 3 aromatic rings. The van der Waals surface area contributed by atoms with Crippen molar-refractivity contribution in [1.82, 2.24) is 10.1 Å². The maximum atomic E-state index is 12.8. The van der Waals surface area contributed by atoms with Crippen molar-refractivity contribution in [3.8, 4) is 0 Å². The molecule has 1 N–H and O–H groups in total. The van der Waals surface area contributed by atoms with Gasteiger partial charge in [0.1, 0.15) is 11.6 Å². The van der Waals surface area contributed by atoms with Crippen molar-refractivity contribution in [3.63, 3.8) is 0 Å². The number of amides is 1. The average Bonchev–Trinajstić information content (AvgIpc) is 3.39. The molecule has 1 aliphatic heterocycles. The Labute approximate surface area is 168 Å². The summed E-state index contributed by atoms with van der Waals surface area (Å²) < 4.78 is 5.25. The van der Waals surface area contributed by atoms with Gasteiger partial charge in [0.25, 0.3) is 5.91 Å². The van der Waals surface area contributed by atoms with Crippen LogP contribution in [0, 0.1) is 6.92 Å². The lowest BCUT2D eigenvalue weighted by Gasteiger charge is -2.16. The van der Waals surface area contributed by atoms with Gasteiger partial charge in [0.15, 0.2) is 0 Å². The Kier molecular flexibility index (Phi) is 5.62. The van der Waals surface area contributed by atoms with Crippen LogP contribution in [0.3, 0.4) is 0 Å². The van der Waals surface area contributed by atoms with Gasteiger partial charge in [0.05, 0.1) is 28.9 Å². The van der Waals surface area contributed by atoms with Crippen molar-refractivity contribution in [1.29, 1.82) is 0 Å². The first-order valence-electron chi connectivity index (χ1n) is 9.35. The minimum atomic E-state index is -0.146. The molecule has 0 aliphatic carbocycles. The van der Waals surface area contributed by atoms with Crippen LogP contribution in [0.25, 0.3) is 0 Å². The van der Waals surface area contributed by atoms with Crippen LogP contribution in [-0.4, -0.2) is 29.1 Å². The number of carbonyl (C=O) groups excluding carboxylic acids is 1. The summed E-state index contributed by atoms with van der Waals surface area (Å²) in [6.07, 6.45) is 4.14. The maximum absolute atomic E-state index is 12.8. The van der Waals surface area contributed by atoms with E-state index in [0.29, 0.717) is 17.0 Å². The Balaban J connectivity index is 1.42. The molecule has 28 heavy (non-hydrogen) atoms. The van der Waals surface area contributed by atoms with Gasteiger partial charge in [0, 0.05) is 24.1 Å². The number of benzene rings is 1. The summed E-state index contributed by atoms with van der Waals surface area (Å²) in [4.78, 5) is 20.5. The van der Waals surface area contributed by atoms with Crippen molar-refractivity contribution in [2.24, 2.45) is 0 Å². The van der Waals surface area contributed by atoms with E-state index in [4.69, 9.17) is 4.52 Å². The molecule has 0 atom stereocenters. The lowest BCUT2D eigenvalue weighted by molar-refractivity contribution is 0.102. The zero-order valence-corrected chi connectivity index (χ0v) is 16.5. The van der Waals surface area contributed by atoms with Crippen molar-refractivity contribution in [2.75, 3.05) is 23.3 Å². The van der Waals surface area contributed by atoms with Crippen LogP contribution in [0.15, 0.2) is 58.1 Å². The van der Waals surface area contributed by atoms with E-state index < -0.39 is 0 Å². The second kappa shape index (κ2) is 8.48. The highest BCUT2D eigenvalue weighted by atomic mass is 32.2. The van der Waals surface area contributed by atoms with Crippen molar-refractivity contribution in [2.45, 2.75) is 30.4 Å². The number of aromatic nitrogens is 2. The van der Waals surface area contributed by atoms with E-state index in [1.165, 1.54) is 12.8 Å². The Bertz CT molecular complexity index is 949. The molecule has 4 rings (SSSR count). The topological polar surface area (TPSA) is 71.3 Å². The van der Waals surface area contributed by atoms with Gasteiger partial charge in [-0.05, 0) is 44.0 Å². The Hall–Kier alpha value is -2.80. The third-order valence-electron chi connectivity index (χ3n) is 4.61. The number of carbonyl (C=O) groups is 1. The molecule has 0 radical (unpaired) electrons. The van der Waals surface area contributed by atoms with Gasteiger partial charge < -0.3 is 14.7 Å². The lowest BCUT2D eigenvalue weighted by atomic mass is 10.2. The highest BCUT2D eigenvalue weighted by molar-refractivity contribution is 7.98. The number of aryl methyl sites for hydroxylation is 1. The normalized spacial score (nSPS) is 13.7. The van der Waals surface area contributed by atoms with Crippen LogP contribution < -0.4 is 10.2 Å². The van der Waals surface area contributed by atoms with Crippen LogP contribution in [0.4, 0.5) is 11.5 Å². The maximum Gasteiger partial charge on any atom is 0.256 e. The van der Waals surface area contributed by atoms with Crippen LogP contribution in [0.1, 0.15) is 34.7 Å². The molecule has 3 heterocycles. The summed E-state index contributed by atoms with van der Waals surface area (Å²) in [6.45, 7) is 3.99.